The summed E-state index contributed by atoms with van der Waals surface area (Å²) < 4.78 is 60.9. The second kappa shape index (κ2) is 3.70. The van der Waals surface area contributed by atoms with Crippen LogP contribution in [-0.2, 0) is 20.2 Å². The summed E-state index contributed by atoms with van der Waals surface area (Å²) in [6.07, 6.45) is 0. The first kappa shape index (κ1) is 12.9. The molecule has 0 saturated carbocycles. The Morgan fingerprint density at radius 1 is 1.00 bits per heavy atom. The fourth-order valence-electron chi connectivity index (χ4n) is 1.18. The molecule has 1 rings (SSSR count). The Morgan fingerprint density at radius 2 is 1.44 bits per heavy atom. The highest BCUT2D eigenvalue weighted by molar-refractivity contribution is 7.86. The first-order valence-corrected chi connectivity index (χ1v) is 6.76. The molecule has 0 heterocycles. The summed E-state index contributed by atoms with van der Waals surface area (Å²) >= 11 is 0. The molecule has 90 valence electrons. The average molecular weight is 267 g/mol. The summed E-state index contributed by atoms with van der Waals surface area (Å²) in [5, 5.41) is 0. The lowest BCUT2D eigenvalue weighted by atomic mass is 10.2. The molecule has 0 spiro atoms. The van der Waals surface area contributed by atoms with E-state index in [2.05, 4.69) is 0 Å². The first-order valence-electron chi connectivity index (χ1n) is 3.88. The normalized spacial score (nSPS) is 12.7. The van der Waals surface area contributed by atoms with Gasteiger partial charge in [0.1, 0.15) is 4.90 Å². The van der Waals surface area contributed by atoms with E-state index in [4.69, 9.17) is 14.8 Å². The van der Waals surface area contributed by atoms with Gasteiger partial charge in [0.2, 0.25) is 0 Å². The predicted molar refractivity (Wildman–Crippen MR) is 55.2 cm³/mol. The lowest BCUT2D eigenvalue weighted by molar-refractivity contribution is 0.478. The molecule has 0 fully saturated rings. The molecule has 0 aromatic heterocycles. The molecule has 0 atom stereocenters. The minimum atomic E-state index is -4.52. The molecular weight excluding hydrogens is 258 g/mol. The molecule has 0 aliphatic carbocycles. The lowest BCUT2D eigenvalue weighted by Gasteiger charge is -2.07. The van der Waals surface area contributed by atoms with Crippen molar-refractivity contribution < 1.29 is 25.9 Å². The van der Waals surface area contributed by atoms with Crippen LogP contribution in [0.4, 0.5) is 5.69 Å². The third-order valence-corrected chi connectivity index (χ3v) is 3.77. The molecule has 0 unspecified atom stereocenters. The van der Waals surface area contributed by atoms with Crippen LogP contribution in [0, 0.1) is 6.92 Å². The molecule has 0 bridgehead atoms. The summed E-state index contributed by atoms with van der Waals surface area (Å²) in [4.78, 5) is -1.10. The quantitative estimate of drug-likeness (QED) is 0.509. The summed E-state index contributed by atoms with van der Waals surface area (Å²) in [6.45, 7) is 1.26. The van der Waals surface area contributed by atoms with E-state index in [1.165, 1.54) is 6.92 Å². The Morgan fingerprint density at radius 3 is 1.81 bits per heavy atom. The van der Waals surface area contributed by atoms with Crippen LogP contribution in [0.25, 0.3) is 0 Å². The molecule has 0 amide bonds. The van der Waals surface area contributed by atoms with Crippen molar-refractivity contribution in [3.63, 3.8) is 0 Å². The van der Waals surface area contributed by atoms with Crippen molar-refractivity contribution in [2.75, 3.05) is 5.73 Å². The van der Waals surface area contributed by atoms with E-state index in [0.29, 0.717) is 0 Å². The number of hydrogen-bond acceptors (Lipinski definition) is 5. The Kier molecular flexibility index (Phi) is 2.98. The van der Waals surface area contributed by atoms with Crippen LogP contribution in [-0.4, -0.2) is 25.9 Å². The maximum Gasteiger partial charge on any atom is 0.296 e. The third-order valence-electron chi connectivity index (χ3n) is 1.86. The van der Waals surface area contributed by atoms with Gasteiger partial charge in [-0.05, 0) is 24.6 Å². The first-order chi connectivity index (χ1) is 7.03. The third kappa shape index (κ3) is 2.50. The highest BCUT2D eigenvalue weighted by atomic mass is 32.2. The van der Waals surface area contributed by atoms with E-state index in [1.807, 2.05) is 0 Å². The van der Waals surface area contributed by atoms with Crippen molar-refractivity contribution in [1.82, 2.24) is 0 Å². The zero-order chi connectivity index (χ0) is 12.7. The molecule has 4 N–H and O–H groups in total. The van der Waals surface area contributed by atoms with E-state index in [-0.39, 0.29) is 5.56 Å². The van der Waals surface area contributed by atoms with Gasteiger partial charge in [-0.15, -0.1) is 0 Å². The molecule has 0 aliphatic heterocycles. The Labute approximate surface area is 92.4 Å². The number of rotatable bonds is 2. The molecule has 1 aromatic carbocycles. The fourth-order valence-corrected chi connectivity index (χ4v) is 2.60. The van der Waals surface area contributed by atoms with E-state index in [1.54, 1.807) is 0 Å². The largest absolute Gasteiger partial charge is 0.398 e. The highest BCUT2D eigenvalue weighted by Gasteiger charge is 2.20. The Hall–Kier alpha value is -1.16. The van der Waals surface area contributed by atoms with Crippen LogP contribution in [0.15, 0.2) is 21.9 Å². The molecule has 0 saturated heterocycles. The second-order valence-corrected chi connectivity index (χ2v) is 5.89. The lowest BCUT2D eigenvalue weighted by Crippen LogP contribution is -2.08. The van der Waals surface area contributed by atoms with Crippen molar-refractivity contribution in [2.24, 2.45) is 0 Å². The molecular formula is C7H9NO6S2. The number of aryl methyl sites for hydroxylation is 1. The molecule has 7 nitrogen and oxygen atoms in total. The summed E-state index contributed by atoms with van der Waals surface area (Å²) in [5.41, 5.74) is 4.76. The van der Waals surface area contributed by atoms with Gasteiger partial charge in [0.25, 0.3) is 20.2 Å². The van der Waals surface area contributed by atoms with Gasteiger partial charge in [-0.1, -0.05) is 0 Å². The number of benzene rings is 1. The maximum absolute atomic E-state index is 10.9. The number of nitrogen functional groups attached to an aromatic ring is 1. The maximum atomic E-state index is 10.9. The average Bonchev–Trinajstić information content (AvgIpc) is 2.04. The monoisotopic (exact) mass is 267 g/mol. The fraction of sp³-hybridized carbons (Fsp3) is 0.143. The van der Waals surface area contributed by atoms with Crippen LogP contribution in [0.5, 0.6) is 0 Å². The van der Waals surface area contributed by atoms with Gasteiger partial charge in [-0.25, -0.2) is 0 Å². The minimum absolute atomic E-state index is 0.0377. The molecule has 9 heteroatoms. The van der Waals surface area contributed by atoms with E-state index < -0.39 is 35.7 Å². The van der Waals surface area contributed by atoms with Crippen LogP contribution < -0.4 is 5.73 Å². The Bertz CT molecular complexity index is 573. The summed E-state index contributed by atoms with van der Waals surface area (Å²) in [7, 11) is -8.99. The Balaban J connectivity index is 3.65. The number of hydrogen-bond donors (Lipinski definition) is 3. The van der Waals surface area contributed by atoms with E-state index in [9.17, 15) is 16.8 Å². The summed E-state index contributed by atoms with van der Waals surface area (Å²) in [6, 6.07) is 1.64. The van der Waals surface area contributed by atoms with Gasteiger partial charge in [-0.2, -0.15) is 16.8 Å². The zero-order valence-corrected chi connectivity index (χ0v) is 9.71. The highest BCUT2D eigenvalue weighted by Crippen LogP contribution is 2.25. The molecule has 0 aliphatic rings. The predicted octanol–water partition coefficient (Wildman–Crippen LogP) is 0.0706. The SMILES string of the molecule is Cc1cc(S(=O)(=O)O)c(N)cc1S(=O)(=O)O. The molecule has 16 heavy (non-hydrogen) atoms. The van der Waals surface area contributed by atoms with Gasteiger partial charge in [0.05, 0.1) is 10.6 Å². The zero-order valence-electron chi connectivity index (χ0n) is 8.08. The van der Waals surface area contributed by atoms with Gasteiger partial charge < -0.3 is 5.73 Å². The van der Waals surface area contributed by atoms with Crippen molar-refractivity contribution in [2.45, 2.75) is 16.7 Å². The summed E-state index contributed by atoms with van der Waals surface area (Å²) in [5.74, 6) is 0. The van der Waals surface area contributed by atoms with Crippen molar-refractivity contribution in [3.05, 3.63) is 17.7 Å². The van der Waals surface area contributed by atoms with E-state index in [0.717, 1.165) is 12.1 Å². The topological polar surface area (TPSA) is 135 Å². The smallest absolute Gasteiger partial charge is 0.296 e. The van der Waals surface area contributed by atoms with Gasteiger partial charge >= 0.3 is 0 Å². The molecule has 1 aromatic rings. The van der Waals surface area contributed by atoms with E-state index >= 15 is 0 Å². The standard InChI is InChI=1S/C7H9NO6S2/c1-4-2-7(16(12,13)14)5(8)3-6(4)15(9,10)11/h2-3H,8H2,1H3,(H,9,10,11)(H,12,13,14). The van der Waals surface area contributed by atoms with Crippen molar-refractivity contribution in [3.8, 4) is 0 Å². The number of anilines is 1. The van der Waals surface area contributed by atoms with Crippen LogP contribution in [0.1, 0.15) is 5.56 Å². The van der Waals surface area contributed by atoms with Crippen molar-refractivity contribution >= 4 is 25.9 Å². The van der Waals surface area contributed by atoms with Gasteiger partial charge in [0, 0.05) is 0 Å². The minimum Gasteiger partial charge on any atom is -0.398 e. The van der Waals surface area contributed by atoms with Gasteiger partial charge in [0.15, 0.2) is 0 Å². The van der Waals surface area contributed by atoms with Crippen molar-refractivity contribution in [1.29, 1.82) is 0 Å². The van der Waals surface area contributed by atoms with Gasteiger partial charge in [-0.3, -0.25) is 9.11 Å². The molecule has 0 radical (unpaired) electrons. The van der Waals surface area contributed by atoms with Crippen LogP contribution in [0.2, 0.25) is 0 Å². The van der Waals surface area contributed by atoms with Crippen LogP contribution in [0.3, 0.4) is 0 Å². The number of nitrogens with two attached hydrogens (primary N) is 1. The van der Waals surface area contributed by atoms with Crippen LogP contribution >= 0.6 is 0 Å². The second-order valence-electron chi connectivity index (χ2n) is 3.11.